The van der Waals surface area contributed by atoms with E-state index in [2.05, 4.69) is 21.2 Å². The van der Waals surface area contributed by atoms with Crippen molar-refractivity contribution in [3.8, 4) is 5.75 Å². The first-order valence-electron chi connectivity index (χ1n) is 9.37. The lowest BCUT2D eigenvalue weighted by Gasteiger charge is -2.39. The number of benzene rings is 2. The highest BCUT2D eigenvalue weighted by atomic mass is 79.9. The van der Waals surface area contributed by atoms with Crippen molar-refractivity contribution in [2.45, 2.75) is 26.3 Å². The quantitative estimate of drug-likeness (QED) is 0.757. The van der Waals surface area contributed by atoms with E-state index < -0.39 is 5.41 Å². The lowest BCUT2D eigenvalue weighted by Crippen LogP contribution is -2.51. The van der Waals surface area contributed by atoms with Crippen LogP contribution in [-0.2, 0) is 11.3 Å². The standard InChI is InChI=1S/C22H25BrN2O3/c1-22(21(27)24-14-16-5-3-6-19(13-16)28-2)11-4-12-25(15-22)20(26)17-7-9-18(23)10-8-17/h3,5-10,13H,4,11-12,14-15H2,1-2H3,(H,24,27). The number of amides is 2. The Kier molecular flexibility index (Phi) is 6.39. The molecule has 1 atom stereocenters. The number of nitrogens with zero attached hydrogens (tertiary/aromatic N) is 1. The third-order valence-electron chi connectivity index (χ3n) is 5.21. The summed E-state index contributed by atoms with van der Waals surface area (Å²) in [5.41, 5.74) is 1.03. The molecule has 1 N–H and O–H groups in total. The molecule has 1 heterocycles. The molecule has 0 aliphatic carbocycles. The molecule has 148 valence electrons. The highest BCUT2D eigenvalue weighted by molar-refractivity contribution is 9.10. The number of hydrogen-bond donors (Lipinski definition) is 1. The Balaban J connectivity index is 1.64. The van der Waals surface area contributed by atoms with Gasteiger partial charge in [0.2, 0.25) is 5.91 Å². The highest BCUT2D eigenvalue weighted by Gasteiger charge is 2.39. The number of nitrogens with one attached hydrogen (secondary N) is 1. The van der Waals surface area contributed by atoms with Gasteiger partial charge in [-0.25, -0.2) is 0 Å². The van der Waals surface area contributed by atoms with Crippen LogP contribution in [-0.4, -0.2) is 36.9 Å². The molecule has 1 saturated heterocycles. The molecule has 2 aromatic carbocycles. The van der Waals surface area contributed by atoms with Crippen molar-refractivity contribution in [2.75, 3.05) is 20.2 Å². The molecular weight excluding hydrogens is 420 g/mol. The van der Waals surface area contributed by atoms with Crippen LogP contribution in [0.25, 0.3) is 0 Å². The fraction of sp³-hybridized carbons (Fsp3) is 0.364. The first kappa shape index (κ1) is 20.4. The Labute approximate surface area is 174 Å². The van der Waals surface area contributed by atoms with Gasteiger partial charge in [0.25, 0.3) is 5.91 Å². The summed E-state index contributed by atoms with van der Waals surface area (Å²) in [7, 11) is 1.62. The van der Waals surface area contributed by atoms with E-state index in [0.717, 1.165) is 28.6 Å². The minimum absolute atomic E-state index is 0.0244. The molecule has 3 rings (SSSR count). The van der Waals surface area contributed by atoms with Crippen molar-refractivity contribution in [2.24, 2.45) is 5.41 Å². The van der Waals surface area contributed by atoms with Gasteiger partial charge in [0.05, 0.1) is 12.5 Å². The number of rotatable bonds is 5. The fourth-order valence-corrected chi connectivity index (χ4v) is 3.82. The van der Waals surface area contributed by atoms with E-state index in [4.69, 9.17) is 4.74 Å². The maximum absolute atomic E-state index is 12.9. The summed E-state index contributed by atoms with van der Waals surface area (Å²) >= 11 is 3.39. The second-order valence-electron chi connectivity index (χ2n) is 7.43. The van der Waals surface area contributed by atoms with Gasteiger partial charge in [-0.2, -0.15) is 0 Å². The number of methoxy groups -OCH3 is 1. The zero-order valence-corrected chi connectivity index (χ0v) is 17.8. The van der Waals surface area contributed by atoms with Gasteiger partial charge in [-0.15, -0.1) is 0 Å². The van der Waals surface area contributed by atoms with Crippen LogP contribution in [0.5, 0.6) is 5.75 Å². The van der Waals surface area contributed by atoms with Crippen molar-refractivity contribution in [3.05, 3.63) is 64.1 Å². The van der Waals surface area contributed by atoms with E-state index in [0.29, 0.717) is 25.2 Å². The summed E-state index contributed by atoms with van der Waals surface area (Å²) in [6, 6.07) is 15.0. The predicted octanol–water partition coefficient (Wildman–Crippen LogP) is 4.02. The number of piperidine rings is 1. The molecular formula is C22H25BrN2O3. The molecule has 0 bridgehead atoms. The van der Waals surface area contributed by atoms with Gasteiger partial charge in [0.1, 0.15) is 5.75 Å². The smallest absolute Gasteiger partial charge is 0.253 e. The molecule has 0 saturated carbocycles. The Morgan fingerprint density at radius 1 is 1.21 bits per heavy atom. The van der Waals surface area contributed by atoms with Crippen LogP contribution in [0.3, 0.4) is 0 Å². The normalized spacial score (nSPS) is 19.2. The van der Waals surface area contributed by atoms with Crippen molar-refractivity contribution >= 4 is 27.7 Å². The molecule has 0 radical (unpaired) electrons. The minimum Gasteiger partial charge on any atom is -0.497 e. The largest absolute Gasteiger partial charge is 0.497 e. The van der Waals surface area contributed by atoms with E-state index in [-0.39, 0.29) is 11.8 Å². The fourth-order valence-electron chi connectivity index (χ4n) is 3.55. The van der Waals surface area contributed by atoms with E-state index in [1.54, 1.807) is 24.1 Å². The Bertz CT molecular complexity index is 853. The zero-order valence-electron chi connectivity index (χ0n) is 16.2. The first-order valence-corrected chi connectivity index (χ1v) is 10.2. The minimum atomic E-state index is -0.595. The van der Waals surface area contributed by atoms with Gasteiger partial charge in [0, 0.05) is 29.7 Å². The zero-order chi connectivity index (χ0) is 20.1. The Morgan fingerprint density at radius 2 is 1.96 bits per heavy atom. The molecule has 28 heavy (non-hydrogen) atoms. The van der Waals surface area contributed by atoms with Gasteiger partial charge >= 0.3 is 0 Å². The highest BCUT2D eigenvalue weighted by Crippen LogP contribution is 2.31. The second kappa shape index (κ2) is 8.78. The van der Waals surface area contributed by atoms with Crippen LogP contribution in [0.2, 0.25) is 0 Å². The molecule has 1 unspecified atom stereocenters. The molecule has 2 aromatic rings. The van der Waals surface area contributed by atoms with E-state index in [9.17, 15) is 9.59 Å². The van der Waals surface area contributed by atoms with Crippen LogP contribution in [0.1, 0.15) is 35.7 Å². The molecule has 5 nitrogen and oxygen atoms in total. The maximum atomic E-state index is 12.9. The first-order chi connectivity index (χ1) is 13.4. The van der Waals surface area contributed by atoms with Crippen LogP contribution in [0.4, 0.5) is 0 Å². The number of likely N-dealkylation sites (tertiary alicyclic amines) is 1. The monoisotopic (exact) mass is 444 g/mol. The van der Waals surface area contributed by atoms with Crippen molar-refractivity contribution in [1.82, 2.24) is 10.2 Å². The van der Waals surface area contributed by atoms with Crippen molar-refractivity contribution < 1.29 is 14.3 Å². The summed E-state index contributed by atoms with van der Waals surface area (Å²) in [6.45, 7) is 3.47. The van der Waals surface area contributed by atoms with Gasteiger partial charge in [-0.1, -0.05) is 28.1 Å². The van der Waals surface area contributed by atoms with Crippen LogP contribution < -0.4 is 10.1 Å². The van der Waals surface area contributed by atoms with Crippen molar-refractivity contribution in [3.63, 3.8) is 0 Å². The predicted molar refractivity (Wildman–Crippen MR) is 112 cm³/mol. The summed E-state index contributed by atoms with van der Waals surface area (Å²) in [6.07, 6.45) is 1.58. The number of carbonyl (C=O) groups is 2. The van der Waals surface area contributed by atoms with Crippen LogP contribution in [0.15, 0.2) is 53.0 Å². The summed E-state index contributed by atoms with van der Waals surface area (Å²) < 4.78 is 6.16. The molecule has 1 fully saturated rings. The third kappa shape index (κ3) is 4.73. The Hall–Kier alpha value is -2.34. The average Bonchev–Trinajstić information content (AvgIpc) is 2.72. The topological polar surface area (TPSA) is 58.6 Å². The summed E-state index contributed by atoms with van der Waals surface area (Å²) in [4.78, 5) is 27.5. The number of hydrogen-bond acceptors (Lipinski definition) is 3. The third-order valence-corrected chi connectivity index (χ3v) is 5.74. The number of halogens is 1. The maximum Gasteiger partial charge on any atom is 0.253 e. The van der Waals surface area contributed by atoms with Gasteiger partial charge in [-0.3, -0.25) is 9.59 Å². The molecule has 6 heteroatoms. The summed E-state index contributed by atoms with van der Waals surface area (Å²) in [5.74, 6) is 0.713. The van der Waals surface area contributed by atoms with Crippen LogP contribution in [0, 0.1) is 5.41 Å². The molecule has 0 spiro atoms. The molecule has 2 amide bonds. The number of ether oxygens (including phenoxy) is 1. The second-order valence-corrected chi connectivity index (χ2v) is 8.35. The van der Waals surface area contributed by atoms with Gasteiger partial charge in [0.15, 0.2) is 0 Å². The van der Waals surface area contributed by atoms with E-state index in [1.165, 1.54) is 0 Å². The molecule has 1 aliphatic rings. The Morgan fingerprint density at radius 3 is 2.68 bits per heavy atom. The van der Waals surface area contributed by atoms with Gasteiger partial charge in [-0.05, 0) is 61.7 Å². The summed E-state index contributed by atoms with van der Waals surface area (Å²) in [5, 5.41) is 3.03. The van der Waals surface area contributed by atoms with E-state index >= 15 is 0 Å². The van der Waals surface area contributed by atoms with Crippen molar-refractivity contribution in [1.29, 1.82) is 0 Å². The molecule has 0 aromatic heterocycles. The van der Waals surface area contributed by atoms with E-state index in [1.807, 2.05) is 43.3 Å². The SMILES string of the molecule is COc1cccc(CNC(=O)C2(C)CCCN(C(=O)c3ccc(Br)cc3)C2)c1. The van der Waals surface area contributed by atoms with Crippen LogP contribution >= 0.6 is 15.9 Å². The van der Waals surface area contributed by atoms with Gasteiger partial charge < -0.3 is 15.0 Å². The molecule has 1 aliphatic heterocycles. The lowest BCUT2D eigenvalue weighted by atomic mass is 9.80. The number of carbonyl (C=O) groups excluding carboxylic acids is 2. The average molecular weight is 445 g/mol. The lowest BCUT2D eigenvalue weighted by molar-refractivity contribution is -0.132.